The number of thiocarbonyl (C=S) groups is 1. The van der Waals surface area contributed by atoms with Gasteiger partial charge in [0.2, 0.25) is 0 Å². The Hall–Kier alpha value is -1.49. The van der Waals surface area contributed by atoms with Gasteiger partial charge >= 0.3 is 0 Å². The number of nitrogens with one attached hydrogen (secondary N) is 1. The lowest BCUT2D eigenvalue weighted by Crippen LogP contribution is -2.10. The average Bonchev–Trinajstić information content (AvgIpc) is 2.08. The highest BCUT2D eigenvalue weighted by atomic mass is 32.1. The van der Waals surface area contributed by atoms with Gasteiger partial charge in [-0.25, -0.2) is 0 Å². The first kappa shape index (κ1) is 9.60. The van der Waals surface area contributed by atoms with Crippen LogP contribution in [-0.4, -0.2) is 16.2 Å². The van der Waals surface area contributed by atoms with Gasteiger partial charge in [-0.2, -0.15) is 5.10 Å². The Balaban J connectivity index is 2.68. The third kappa shape index (κ3) is 3.16. The standard InChI is InChI=1S/C8H10N4S/c1-6(13)12-11-5-8-7(9)3-2-4-10-8/h2-5H,9H2,1H3,(H,12,13)/b11-5-. The maximum absolute atomic E-state index is 5.62. The van der Waals surface area contributed by atoms with Gasteiger partial charge in [0.05, 0.1) is 16.9 Å². The number of hydrogen-bond acceptors (Lipinski definition) is 4. The van der Waals surface area contributed by atoms with Crippen molar-refractivity contribution in [3.05, 3.63) is 24.0 Å². The quantitative estimate of drug-likeness (QED) is 0.418. The second-order valence-electron chi connectivity index (χ2n) is 2.40. The second-order valence-corrected chi connectivity index (χ2v) is 3.02. The molecule has 0 aromatic carbocycles. The molecule has 0 fully saturated rings. The summed E-state index contributed by atoms with van der Waals surface area (Å²) >= 11 is 4.77. The molecule has 1 aromatic rings. The fourth-order valence-corrected chi connectivity index (χ4v) is 0.775. The number of pyridine rings is 1. The van der Waals surface area contributed by atoms with E-state index in [2.05, 4.69) is 15.5 Å². The lowest BCUT2D eigenvalue weighted by molar-refractivity contribution is 1.05. The third-order valence-electron chi connectivity index (χ3n) is 1.28. The van der Waals surface area contributed by atoms with E-state index in [1.165, 1.54) is 6.21 Å². The van der Waals surface area contributed by atoms with Gasteiger partial charge in [0, 0.05) is 6.20 Å². The van der Waals surface area contributed by atoms with E-state index in [-0.39, 0.29) is 0 Å². The first-order chi connectivity index (χ1) is 6.20. The van der Waals surface area contributed by atoms with E-state index >= 15 is 0 Å². The number of nitrogen functional groups attached to an aromatic ring is 1. The molecule has 0 saturated carbocycles. The minimum Gasteiger partial charge on any atom is -0.397 e. The molecule has 0 amide bonds. The molecule has 13 heavy (non-hydrogen) atoms. The van der Waals surface area contributed by atoms with Crippen molar-refractivity contribution in [1.82, 2.24) is 10.4 Å². The third-order valence-corrected chi connectivity index (χ3v) is 1.37. The molecule has 0 unspecified atom stereocenters. The van der Waals surface area contributed by atoms with Gasteiger partial charge in [-0.05, 0) is 19.1 Å². The summed E-state index contributed by atoms with van der Waals surface area (Å²) in [6.45, 7) is 1.74. The van der Waals surface area contributed by atoms with Gasteiger partial charge in [-0.1, -0.05) is 12.2 Å². The van der Waals surface area contributed by atoms with Gasteiger partial charge in [0.15, 0.2) is 0 Å². The van der Waals surface area contributed by atoms with Crippen LogP contribution in [0.2, 0.25) is 0 Å². The van der Waals surface area contributed by atoms with Crippen LogP contribution >= 0.6 is 12.2 Å². The molecule has 68 valence electrons. The van der Waals surface area contributed by atoms with Gasteiger partial charge in [0.25, 0.3) is 0 Å². The zero-order chi connectivity index (χ0) is 9.68. The van der Waals surface area contributed by atoms with Crippen LogP contribution in [0.5, 0.6) is 0 Å². The van der Waals surface area contributed by atoms with E-state index in [1.54, 1.807) is 25.3 Å². The number of hydrazone groups is 1. The van der Waals surface area contributed by atoms with Crippen molar-refractivity contribution in [2.45, 2.75) is 6.92 Å². The zero-order valence-electron chi connectivity index (χ0n) is 7.19. The van der Waals surface area contributed by atoms with Crippen molar-refractivity contribution >= 4 is 29.1 Å². The summed E-state index contributed by atoms with van der Waals surface area (Å²) in [4.78, 5) is 4.62. The van der Waals surface area contributed by atoms with Crippen LogP contribution in [0.4, 0.5) is 5.69 Å². The number of nitrogens with two attached hydrogens (primary N) is 1. The fourth-order valence-electron chi connectivity index (χ4n) is 0.722. The van der Waals surface area contributed by atoms with Crippen molar-refractivity contribution in [3.63, 3.8) is 0 Å². The molecule has 0 bridgehead atoms. The summed E-state index contributed by atoms with van der Waals surface area (Å²) in [5.74, 6) is 0. The van der Waals surface area contributed by atoms with Crippen LogP contribution in [0.1, 0.15) is 12.6 Å². The summed E-state index contributed by atoms with van der Waals surface area (Å²) in [5, 5.41) is 3.84. The number of hydrogen-bond donors (Lipinski definition) is 2. The highest BCUT2D eigenvalue weighted by Crippen LogP contribution is 2.02. The Morgan fingerprint density at radius 2 is 2.54 bits per heavy atom. The minimum absolute atomic E-state index is 0.593. The summed E-state index contributed by atoms with van der Waals surface area (Å²) in [6.07, 6.45) is 3.19. The van der Waals surface area contributed by atoms with E-state index in [9.17, 15) is 0 Å². The van der Waals surface area contributed by atoms with Crippen molar-refractivity contribution in [3.8, 4) is 0 Å². The molecule has 0 aliphatic rings. The monoisotopic (exact) mass is 194 g/mol. The fraction of sp³-hybridized carbons (Fsp3) is 0.125. The van der Waals surface area contributed by atoms with Gasteiger partial charge in [-0.3, -0.25) is 10.4 Å². The molecule has 0 spiro atoms. The Morgan fingerprint density at radius 1 is 1.77 bits per heavy atom. The molecule has 0 atom stereocenters. The maximum Gasteiger partial charge on any atom is 0.106 e. The van der Waals surface area contributed by atoms with Gasteiger partial charge in [0.1, 0.15) is 5.69 Å². The van der Waals surface area contributed by atoms with Crippen LogP contribution in [0.15, 0.2) is 23.4 Å². The Labute approximate surface area is 81.9 Å². The molecular formula is C8H10N4S. The van der Waals surface area contributed by atoms with Gasteiger partial charge < -0.3 is 5.73 Å². The smallest absolute Gasteiger partial charge is 0.106 e. The predicted octanol–water partition coefficient (Wildman–Crippen LogP) is 0.935. The molecule has 1 heterocycles. The van der Waals surface area contributed by atoms with Crippen molar-refractivity contribution in [1.29, 1.82) is 0 Å². The van der Waals surface area contributed by atoms with E-state index in [4.69, 9.17) is 18.0 Å². The largest absolute Gasteiger partial charge is 0.397 e. The molecular weight excluding hydrogens is 184 g/mol. The lowest BCUT2D eigenvalue weighted by Gasteiger charge is -1.97. The second kappa shape index (κ2) is 4.51. The molecule has 0 saturated heterocycles. The van der Waals surface area contributed by atoms with Crippen LogP contribution in [0.25, 0.3) is 0 Å². The predicted molar refractivity (Wildman–Crippen MR) is 57.7 cm³/mol. The minimum atomic E-state index is 0.593. The summed E-state index contributed by atoms with van der Waals surface area (Å²) in [6, 6.07) is 3.53. The van der Waals surface area contributed by atoms with Crippen LogP contribution in [-0.2, 0) is 0 Å². The first-order valence-electron chi connectivity index (χ1n) is 3.70. The number of anilines is 1. The highest BCUT2D eigenvalue weighted by Gasteiger charge is 1.93. The molecule has 0 aliphatic heterocycles. The molecule has 1 aromatic heterocycles. The van der Waals surface area contributed by atoms with E-state index in [0.717, 1.165) is 0 Å². The van der Waals surface area contributed by atoms with Crippen molar-refractivity contribution in [2.75, 3.05) is 5.73 Å². The Bertz CT molecular complexity index is 335. The summed E-state index contributed by atoms with van der Waals surface area (Å²) in [5.41, 5.74) is 9.47. The highest BCUT2D eigenvalue weighted by molar-refractivity contribution is 7.80. The normalized spacial score (nSPS) is 10.2. The van der Waals surface area contributed by atoms with Crippen LogP contribution in [0.3, 0.4) is 0 Å². The molecule has 0 radical (unpaired) electrons. The molecule has 4 nitrogen and oxygen atoms in total. The van der Waals surface area contributed by atoms with E-state index in [0.29, 0.717) is 16.4 Å². The zero-order valence-corrected chi connectivity index (χ0v) is 8.01. The van der Waals surface area contributed by atoms with Crippen molar-refractivity contribution in [2.24, 2.45) is 5.10 Å². The molecule has 5 heteroatoms. The number of aromatic nitrogens is 1. The Morgan fingerprint density at radius 3 is 3.15 bits per heavy atom. The topological polar surface area (TPSA) is 63.3 Å². The van der Waals surface area contributed by atoms with E-state index in [1.807, 2.05) is 0 Å². The molecule has 0 aliphatic carbocycles. The SMILES string of the molecule is CC(=S)N/N=C\c1ncccc1N. The first-order valence-corrected chi connectivity index (χ1v) is 4.11. The number of nitrogens with zero attached hydrogens (tertiary/aromatic N) is 2. The lowest BCUT2D eigenvalue weighted by atomic mass is 10.3. The van der Waals surface area contributed by atoms with Crippen molar-refractivity contribution < 1.29 is 0 Å². The van der Waals surface area contributed by atoms with E-state index < -0.39 is 0 Å². The molecule has 1 rings (SSSR count). The summed E-state index contributed by atoms with van der Waals surface area (Å²) < 4.78 is 0. The van der Waals surface area contributed by atoms with Crippen LogP contribution < -0.4 is 11.2 Å². The summed E-state index contributed by atoms with van der Waals surface area (Å²) in [7, 11) is 0. The van der Waals surface area contributed by atoms with Crippen LogP contribution in [0, 0.1) is 0 Å². The van der Waals surface area contributed by atoms with Gasteiger partial charge in [-0.15, -0.1) is 0 Å². The molecule has 3 N–H and O–H groups in total. The average molecular weight is 194 g/mol. The maximum atomic E-state index is 5.62. The Kier molecular flexibility index (Phi) is 3.33. The number of rotatable bonds is 2.